The number of aromatic nitrogens is 2. The number of nitrogens with zero attached hydrogens (tertiary/aromatic N) is 3. The number of carbonyl (C=O) groups excluding carboxylic acids is 1. The Morgan fingerprint density at radius 2 is 2.33 bits per heavy atom. The summed E-state index contributed by atoms with van der Waals surface area (Å²) in [6.07, 6.45) is 2.20. The molecule has 1 N–H and O–H groups in total. The van der Waals surface area contributed by atoms with Gasteiger partial charge in [-0.05, 0) is 32.9 Å². The standard InChI is InChI=1S/C14H20N4OS.ClH/c1-9-11-7-12(20-14(11)17(3)16-9)13(19)18-6-4-5-10(18)8-15-2;/h7,10,15H,4-6,8H2,1-3H3;1H. The van der Waals surface area contributed by atoms with E-state index in [4.69, 9.17) is 0 Å². The van der Waals surface area contributed by atoms with Gasteiger partial charge < -0.3 is 10.2 Å². The van der Waals surface area contributed by atoms with E-state index in [9.17, 15) is 4.79 Å². The van der Waals surface area contributed by atoms with Gasteiger partial charge in [-0.2, -0.15) is 5.10 Å². The number of likely N-dealkylation sites (N-methyl/N-ethyl adjacent to an activating group) is 1. The van der Waals surface area contributed by atoms with Crippen molar-refractivity contribution in [2.75, 3.05) is 20.1 Å². The molecule has 1 aliphatic heterocycles. The molecule has 1 aliphatic rings. The van der Waals surface area contributed by atoms with Crippen molar-refractivity contribution in [1.29, 1.82) is 0 Å². The Balaban J connectivity index is 0.00000161. The fraction of sp³-hybridized carbons (Fsp3) is 0.571. The molecule has 7 heteroatoms. The maximum Gasteiger partial charge on any atom is 0.264 e. The number of aryl methyl sites for hydroxylation is 2. The van der Waals surface area contributed by atoms with Crippen LogP contribution in [0.1, 0.15) is 28.2 Å². The molecule has 0 saturated carbocycles. The molecule has 1 amide bonds. The van der Waals surface area contributed by atoms with Crippen LogP contribution in [-0.2, 0) is 7.05 Å². The first kappa shape index (κ1) is 16.3. The van der Waals surface area contributed by atoms with Crippen molar-refractivity contribution in [3.8, 4) is 0 Å². The van der Waals surface area contributed by atoms with E-state index in [1.807, 2.05) is 36.7 Å². The lowest BCUT2D eigenvalue weighted by Gasteiger charge is -2.23. The number of halogens is 1. The van der Waals surface area contributed by atoms with Crippen LogP contribution in [0.25, 0.3) is 10.2 Å². The zero-order valence-corrected chi connectivity index (χ0v) is 14.2. The smallest absolute Gasteiger partial charge is 0.264 e. The number of amides is 1. The van der Waals surface area contributed by atoms with E-state index in [0.29, 0.717) is 6.04 Å². The Bertz CT molecular complexity index is 616. The van der Waals surface area contributed by atoms with Crippen LogP contribution < -0.4 is 5.32 Å². The molecule has 2 aromatic rings. The third-order valence-electron chi connectivity index (χ3n) is 3.98. The van der Waals surface area contributed by atoms with Crippen LogP contribution in [0.5, 0.6) is 0 Å². The van der Waals surface area contributed by atoms with Gasteiger partial charge in [-0.25, -0.2) is 0 Å². The molecule has 1 saturated heterocycles. The molecule has 0 bridgehead atoms. The van der Waals surface area contributed by atoms with Gasteiger partial charge in [0.05, 0.1) is 10.6 Å². The molecule has 0 radical (unpaired) electrons. The van der Waals surface area contributed by atoms with E-state index in [0.717, 1.165) is 46.7 Å². The fourth-order valence-electron chi connectivity index (χ4n) is 3.00. The van der Waals surface area contributed by atoms with Gasteiger partial charge in [-0.3, -0.25) is 9.48 Å². The average molecular weight is 329 g/mol. The minimum Gasteiger partial charge on any atom is -0.334 e. The van der Waals surface area contributed by atoms with Crippen LogP contribution in [0.4, 0.5) is 0 Å². The molecule has 2 aromatic heterocycles. The van der Waals surface area contributed by atoms with Gasteiger partial charge in [0, 0.05) is 31.6 Å². The lowest BCUT2D eigenvalue weighted by molar-refractivity contribution is 0.0742. The van der Waals surface area contributed by atoms with E-state index in [1.54, 1.807) is 11.3 Å². The summed E-state index contributed by atoms with van der Waals surface area (Å²) in [6, 6.07) is 2.33. The van der Waals surface area contributed by atoms with Crippen LogP contribution in [0.2, 0.25) is 0 Å². The largest absolute Gasteiger partial charge is 0.334 e. The second kappa shape index (κ2) is 6.34. The van der Waals surface area contributed by atoms with Gasteiger partial charge in [0.2, 0.25) is 0 Å². The maximum atomic E-state index is 12.7. The molecule has 1 fully saturated rings. The lowest BCUT2D eigenvalue weighted by atomic mass is 10.2. The molecule has 3 rings (SSSR count). The van der Waals surface area contributed by atoms with Crippen molar-refractivity contribution in [1.82, 2.24) is 20.0 Å². The average Bonchev–Trinajstić information content (AvgIpc) is 3.09. The van der Waals surface area contributed by atoms with Crippen molar-refractivity contribution < 1.29 is 4.79 Å². The molecular formula is C14H21ClN4OS. The predicted molar refractivity (Wildman–Crippen MR) is 88.6 cm³/mol. The highest BCUT2D eigenvalue weighted by Gasteiger charge is 2.30. The minimum atomic E-state index is 0. The monoisotopic (exact) mass is 328 g/mol. The van der Waals surface area contributed by atoms with Crippen molar-refractivity contribution in [2.45, 2.75) is 25.8 Å². The highest BCUT2D eigenvalue weighted by molar-refractivity contribution is 7.20. The summed E-state index contributed by atoms with van der Waals surface area (Å²) in [5.41, 5.74) is 0.992. The molecule has 1 unspecified atom stereocenters. The number of rotatable bonds is 3. The Hall–Kier alpha value is -1.11. The number of carbonyl (C=O) groups is 1. The van der Waals surface area contributed by atoms with Gasteiger partial charge in [0.25, 0.3) is 5.91 Å². The molecule has 0 aliphatic carbocycles. The van der Waals surface area contributed by atoms with E-state index in [2.05, 4.69) is 10.4 Å². The number of likely N-dealkylation sites (tertiary alicyclic amines) is 1. The molecule has 21 heavy (non-hydrogen) atoms. The molecular weight excluding hydrogens is 308 g/mol. The van der Waals surface area contributed by atoms with Crippen molar-refractivity contribution in [3.63, 3.8) is 0 Å². The summed E-state index contributed by atoms with van der Waals surface area (Å²) in [4.78, 5) is 16.6. The fourth-order valence-corrected chi connectivity index (χ4v) is 4.08. The summed E-state index contributed by atoms with van der Waals surface area (Å²) in [5.74, 6) is 0.170. The lowest BCUT2D eigenvalue weighted by Crippen LogP contribution is -2.40. The van der Waals surface area contributed by atoms with E-state index in [-0.39, 0.29) is 18.3 Å². The maximum absolute atomic E-state index is 12.7. The van der Waals surface area contributed by atoms with Crippen molar-refractivity contribution >= 4 is 39.9 Å². The van der Waals surface area contributed by atoms with Gasteiger partial charge in [0.15, 0.2) is 0 Å². The highest BCUT2D eigenvalue weighted by atomic mass is 35.5. The van der Waals surface area contributed by atoms with Crippen LogP contribution in [0.3, 0.4) is 0 Å². The summed E-state index contributed by atoms with van der Waals surface area (Å²) >= 11 is 1.55. The van der Waals surface area contributed by atoms with Gasteiger partial charge in [-0.15, -0.1) is 23.7 Å². The molecule has 1 atom stereocenters. The minimum absolute atomic E-state index is 0. The normalized spacial score (nSPS) is 18.2. The molecule has 0 aromatic carbocycles. The van der Waals surface area contributed by atoms with Crippen LogP contribution >= 0.6 is 23.7 Å². The van der Waals surface area contributed by atoms with E-state index in [1.165, 1.54) is 0 Å². The van der Waals surface area contributed by atoms with Gasteiger partial charge >= 0.3 is 0 Å². The quantitative estimate of drug-likeness (QED) is 0.939. The third-order valence-corrected chi connectivity index (χ3v) is 5.17. The Labute approximate surface area is 134 Å². The SMILES string of the molecule is CNCC1CCCN1C(=O)c1cc2c(C)nn(C)c2s1.Cl. The highest BCUT2D eigenvalue weighted by Crippen LogP contribution is 2.30. The van der Waals surface area contributed by atoms with Crippen LogP contribution in [0.15, 0.2) is 6.07 Å². The Kier molecular flexibility index (Phi) is 4.91. The summed E-state index contributed by atoms with van der Waals surface area (Å²) in [5, 5.41) is 8.67. The van der Waals surface area contributed by atoms with Crippen molar-refractivity contribution in [2.24, 2.45) is 7.05 Å². The summed E-state index contributed by atoms with van der Waals surface area (Å²) in [6.45, 7) is 3.73. The first-order chi connectivity index (χ1) is 9.61. The third kappa shape index (κ3) is 2.80. The number of fused-ring (bicyclic) bond motifs is 1. The Morgan fingerprint density at radius 1 is 1.57 bits per heavy atom. The van der Waals surface area contributed by atoms with Crippen LogP contribution in [0, 0.1) is 6.92 Å². The van der Waals surface area contributed by atoms with E-state index < -0.39 is 0 Å². The molecule has 0 spiro atoms. The summed E-state index contributed by atoms with van der Waals surface area (Å²) < 4.78 is 1.86. The van der Waals surface area contributed by atoms with Crippen LogP contribution in [-0.4, -0.2) is 46.8 Å². The topological polar surface area (TPSA) is 50.2 Å². The zero-order valence-electron chi connectivity index (χ0n) is 12.5. The number of hydrogen-bond acceptors (Lipinski definition) is 4. The van der Waals surface area contributed by atoms with Gasteiger partial charge in [-0.1, -0.05) is 0 Å². The number of hydrogen-bond donors (Lipinski definition) is 1. The first-order valence-electron chi connectivity index (χ1n) is 7.00. The first-order valence-corrected chi connectivity index (χ1v) is 7.82. The second-order valence-corrected chi connectivity index (χ2v) is 6.42. The number of thiophene rings is 1. The van der Waals surface area contributed by atoms with Crippen molar-refractivity contribution in [3.05, 3.63) is 16.6 Å². The second-order valence-electron chi connectivity index (χ2n) is 5.39. The van der Waals surface area contributed by atoms with E-state index >= 15 is 0 Å². The Morgan fingerprint density at radius 3 is 3.00 bits per heavy atom. The molecule has 3 heterocycles. The predicted octanol–water partition coefficient (Wildman–Crippen LogP) is 2.19. The molecule has 5 nitrogen and oxygen atoms in total. The zero-order chi connectivity index (χ0) is 14.3. The van der Waals surface area contributed by atoms with Gasteiger partial charge in [0.1, 0.15) is 4.83 Å². The summed E-state index contributed by atoms with van der Waals surface area (Å²) in [7, 11) is 3.87. The molecule has 116 valence electrons. The number of nitrogens with one attached hydrogen (secondary N) is 1.